The SMILES string of the molecule is N#Cc1ccc(-c2cc(-c3cc4ccccc4c4ccccc34)nc3c2cc(-c2cc4ccccc4c4ccccc24)c2ccccc23)cc1. The molecule has 0 radical (unpaired) electrons. The number of hydrogen-bond donors (Lipinski definition) is 0. The van der Waals surface area contributed by atoms with Crippen LogP contribution in [-0.2, 0) is 0 Å². The highest BCUT2D eigenvalue weighted by Crippen LogP contribution is 2.44. The smallest absolute Gasteiger partial charge is 0.0991 e. The summed E-state index contributed by atoms with van der Waals surface area (Å²) in [6.45, 7) is 0. The number of fused-ring (bicyclic) bond motifs is 9. The Morgan fingerprint density at radius 1 is 0.360 bits per heavy atom. The highest BCUT2D eigenvalue weighted by molar-refractivity contribution is 6.22. The predicted molar refractivity (Wildman–Crippen MR) is 210 cm³/mol. The minimum atomic E-state index is 0.640. The van der Waals surface area contributed by atoms with Gasteiger partial charge in [0.1, 0.15) is 0 Å². The normalized spacial score (nSPS) is 11.6. The summed E-state index contributed by atoms with van der Waals surface area (Å²) in [5, 5.41) is 22.7. The maximum Gasteiger partial charge on any atom is 0.0991 e. The molecule has 1 heterocycles. The number of pyridine rings is 1. The number of rotatable bonds is 3. The topological polar surface area (TPSA) is 36.7 Å². The van der Waals surface area contributed by atoms with Crippen LogP contribution < -0.4 is 0 Å². The zero-order valence-corrected chi connectivity index (χ0v) is 27.1. The van der Waals surface area contributed by atoms with E-state index in [1.165, 1.54) is 59.6 Å². The third-order valence-corrected chi connectivity index (χ3v) is 10.2. The zero-order chi connectivity index (χ0) is 33.2. The zero-order valence-electron chi connectivity index (χ0n) is 27.1. The minimum absolute atomic E-state index is 0.640. The molecule has 230 valence electrons. The average molecular weight is 633 g/mol. The number of hydrogen-bond acceptors (Lipinski definition) is 2. The highest BCUT2D eigenvalue weighted by atomic mass is 14.7. The second-order valence-corrected chi connectivity index (χ2v) is 13.0. The van der Waals surface area contributed by atoms with Crippen molar-refractivity contribution in [3.8, 4) is 39.6 Å². The van der Waals surface area contributed by atoms with Crippen molar-refractivity contribution in [2.75, 3.05) is 0 Å². The van der Waals surface area contributed by atoms with Crippen LogP contribution in [0, 0.1) is 11.3 Å². The molecule has 0 saturated carbocycles. The molecule has 0 amide bonds. The van der Waals surface area contributed by atoms with E-state index in [0.717, 1.165) is 38.7 Å². The van der Waals surface area contributed by atoms with Gasteiger partial charge in [-0.1, -0.05) is 133 Å². The Morgan fingerprint density at radius 2 is 0.820 bits per heavy atom. The molecule has 0 atom stereocenters. The molecule has 0 aliphatic rings. The van der Waals surface area contributed by atoms with Crippen molar-refractivity contribution >= 4 is 64.8 Å². The molecule has 0 aliphatic heterocycles. The first-order valence-electron chi connectivity index (χ1n) is 16.9. The van der Waals surface area contributed by atoms with E-state index in [1.807, 2.05) is 12.1 Å². The molecule has 0 unspecified atom stereocenters. The fraction of sp³-hybridized carbons (Fsp3) is 0. The Kier molecular flexibility index (Phi) is 6.28. The van der Waals surface area contributed by atoms with Gasteiger partial charge in [0.15, 0.2) is 0 Å². The van der Waals surface area contributed by atoms with Crippen LogP contribution in [0.5, 0.6) is 0 Å². The Labute approximate surface area is 289 Å². The lowest BCUT2D eigenvalue weighted by atomic mass is 9.87. The largest absolute Gasteiger partial charge is 0.247 e. The Morgan fingerprint density at radius 3 is 1.42 bits per heavy atom. The van der Waals surface area contributed by atoms with Crippen molar-refractivity contribution in [1.82, 2.24) is 4.98 Å². The van der Waals surface area contributed by atoms with Crippen LogP contribution in [0.3, 0.4) is 0 Å². The molecule has 0 bridgehead atoms. The van der Waals surface area contributed by atoms with Gasteiger partial charge in [0.05, 0.1) is 22.8 Å². The molecule has 2 nitrogen and oxygen atoms in total. The summed E-state index contributed by atoms with van der Waals surface area (Å²) in [6.07, 6.45) is 0. The molecule has 10 rings (SSSR count). The van der Waals surface area contributed by atoms with E-state index >= 15 is 0 Å². The number of nitrogens with zero attached hydrogens (tertiary/aromatic N) is 2. The van der Waals surface area contributed by atoms with Crippen molar-refractivity contribution in [3.63, 3.8) is 0 Å². The summed E-state index contributed by atoms with van der Waals surface area (Å²) in [5.41, 5.74) is 8.14. The van der Waals surface area contributed by atoms with Crippen LogP contribution in [0.1, 0.15) is 5.56 Å². The molecule has 2 heteroatoms. The van der Waals surface area contributed by atoms with Crippen LogP contribution >= 0.6 is 0 Å². The van der Waals surface area contributed by atoms with Crippen LogP contribution in [0.25, 0.3) is 98.3 Å². The monoisotopic (exact) mass is 632 g/mol. The van der Waals surface area contributed by atoms with Crippen molar-refractivity contribution in [2.45, 2.75) is 0 Å². The number of nitriles is 1. The predicted octanol–water partition coefficient (Wildman–Crippen LogP) is 12.9. The van der Waals surface area contributed by atoms with Crippen LogP contribution in [0.15, 0.2) is 170 Å². The third kappa shape index (κ3) is 4.31. The van der Waals surface area contributed by atoms with Gasteiger partial charge in [0.2, 0.25) is 0 Å². The van der Waals surface area contributed by atoms with Gasteiger partial charge in [0.25, 0.3) is 0 Å². The summed E-state index contributed by atoms with van der Waals surface area (Å²) in [7, 11) is 0. The van der Waals surface area contributed by atoms with Gasteiger partial charge in [-0.3, -0.25) is 0 Å². The molecule has 0 N–H and O–H groups in total. The van der Waals surface area contributed by atoms with Gasteiger partial charge in [-0.05, 0) is 107 Å². The second-order valence-electron chi connectivity index (χ2n) is 13.0. The maximum absolute atomic E-state index is 9.63. The minimum Gasteiger partial charge on any atom is -0.247 e. The van der Waals surface area contributed by atoms with E-state index in [4.69, 9.17) is 4.98 Å². The van der Waals surface area contributed by atoms with Gasteiger partial charge in [-0.15, -0.1) is 0 Å². The number of benzene rings is 9. The summed E-state index contributed by atoms with van der Waals surface area (Å²) < 4.78 is 0. The van der Waals surface area contributed by atoms with Crippen LogP contribution in [-0.4, -0.2) is 4.98 Å². The van der Waals surface area contributed by atoms with E-state index in [2.05, 4.69) is 164 Å². The van der Waals surface area contributed by atoms with E-state index < -0.39 is 0 Å². The lowest BCUT2D eigenvalue weighted by Gasteiger charge is -2.18. The third-order valence-electron chi connectivity index (χ3n) is 10.2. The molecule has 9 aromatic carbocycles. The maximum atomic E-state index is 9.63. The Bertz CT molecular complexity index is 3040. The molecule has 0 spiro atoms. The van der Waals surface area contributed by atoms with E-state index in [-0.39, 0.29) is 0 Å². The first-order valence-corrected chi connectivity index (χ1v) is 16.9. The van der Waals surface area contributed by atoms with Crippen molar-refractivity contribution in [1.29, 1.82) is 5.26 Å². The quantitative estimate of drug-likeness (QED) is 0.182. The molecule has 1 aromatic heterocycles. The summed E-state index contributed by atoms with van der Waals surface area (Å²) in [5.74, 6) is 0. The second kappa shape index (κ2) is 11.1. The molecule has 10 aromatic rings. The number of aromatic nitrogens is 1. The van der Waals surface area contributed by atoms with Gasteiger partial charge < -0.3 is 0 Å². The highest BCUT2D eigenvalue weighted by Gasteiger charge is 2.19. The van der Waals surface area contributed by atoms with Crippen LogP contribution in [0.4, 0.5) is 0 Å². The molecule has 0 saturated heterocycles. The molecular formula is C48H28N2. The first kappa shape index (κ1) is 28.2. The van der Waals surface area contributed by atoms with Crippen molar-refractivity contribution < 1.29 is 0 Å². The molecule has 0 aliphatic carbocycles. The standard InChI is InChI=1S/C48H28N2/c49-29-30-21-23-31(24-22-30)42-28-47(45-26-33-12-2-4-14-35(33)37-16-6-8-18-39(37)45)50-48-41-20-10-9-19-40(41)44(27-46(42)48)43-25-32-11-1-3-13-34(32)36-15-5-7-17-38(36)43/h1-28H. The van der Waals surface area contributed by atoms with Gasteiger partial charge in [-0.2, -0.15) is 5.26 Å². The van der Waals surface area contributed by atoms with Crippen LogP contribution in [0.2, 0.25) is 0 Å². The molecular weight excluding hydrogens is 605 g/mol. The fourth-order valence-electron chi connectivity index (χ4n) is 7.92. The van der Waals surface area contributed by atoms with Gasteiger partial charge >= 0.3 is 0 Å². The average Bonchev–Trinajstić information content (AvgIpc) is 3.19. The summed E-state index contributed by atoms with van der Waals surface area (Å²) in [4.78, 5) is 5.55. The Hall–Kier alpha value is -6.82. The van der Waals surface area contributed by atoms with Crippen molar-refractivity contribution in [3.05, 3.63) is 175 Å². The van der Waals surface area contributed by atoms with Gasteiger partial charge in [-0.25, -0.2) is 4.98 Å². The fourth-order valence-corrected chi connectivity index (χ4v) is 7.92. The summed E-state index contributed by atoms with van der Waals surface area (Å²) >= 11 is 0. The van der Waals surface area contributed by atoms with E-state index in [0.29, 0.717) is 5.56 Å². The lowest BCUT2D eigenvalue weighted by Crippen LogP contribution is -1.95. The lowest BCUT2D eigenvalue weighted by molar-refractivity contribution is 1.42. The first-order chi connectivity index (χ1) is 24.7. The Balaban J connectivity index is 1.35. The van der Waals surface area contributed by atoms with Gasteiger partial charge in [0, 0.05) is 16.3 Å². The van der Waals surface area contributed by atoms with E-state index in [9.17, 15) is 5.26 Å². The molecule has 50 heavy (non-hydrogen) atoms. The molecule has 0 fully saturated rings. The van der Waals surface area contributed by atoms with E-state index in [1.54, 1.807) is 0 Å². The summed E-state index contributed by atoms with van der Waals surface area (Å²) in [6, 6.07) is 62.7. The van der Waals surface area contributed by atoms with Crippen molar-refractivity contribution in [2.24, 2.45) is 0 Å².